The number of rotatable bonds is 6. The van der Waals surface area contributed by atoms with Crippen LogP contribution in [0.5, 0.6) is 5.75 Å². The maximum absolute atomic E-state index is 10.6. The molecule has 0 unspecified atom stereocenters. The van der Waals surface area contributed by atoms with Gasteiger partial charge in [-0.15, -0.1) is 0 Å². The van der Waals surface area contributed by atoms with Crippen LogP contribution in [0.2, 0.25) is 5.02 Å². The minimum absolute atomic E-state index is 0.0296. The lowest BCUT2D eigenvalue weighted by Gasteiger charge is -2.16. The smallest absolute Gasteiger partial charge is 0.317 e. The topological polar surface area (TPSA) is 49.8 Å². The van der Waals surface area contributed by atoms with Crippen molar-refractivity contribution in [2.24, 2.45) is 0 Å². The van der Waals surface area contributed by atoms with Crippen molar-refractivity contribution in [1.82, 2.24) is 4.90 Å². The summed E-state index contributed by atoms with van der Waals surface area (Å²) in [6, 6.07) is 3.72. The molecule has 0 saturated carbocycles. The number of halogens is 1. The molecule has 0 amide bonds. The second-order valence-corrected chi connectivity index (χ2v) is 4.73. The van der Waals surface area contributed by atoms with Crippen LogP contribution in [-0.4, -0.2) is 43.2 Å². The number of carboxylic acids is 1. The first kappa shape index (κ1) is 14.8. The quantitative estimate of drug-likeness (QED) is 0.862. The molecule has 5 heteroatoms. The van der Waals surface area contributed by atoms with Gasteiger partial charge in [0.2, 0.25) is 0 Å². The highest BCUT2D eigenvalue weighted by atomic mass is 35.5. The summed E-state index contributed by atoms with van der Waals surface area (Å²) in [7, 11) is 3.40. The van der Waals surface area contributed by atoms with Crippen molar-refractivity contribution in [2.45, 2.75) is 13.3 Å². The Kier molecular flexibility index (Phi) is 5.44. The van der Waals surface area contributed by atoms with E-state index < -0.39 is 5.97 Å². The van der Waals surface area contributed by atoms with Gasteiger partial charge in [0.1, 0.15) is 5.75 Å². The third kappa shape index (κ3) is 4.20. The summed E-state index contributed by atoms with van der Waals surface area (Å²) >= 11 is 6.02. The summed E-state index contributed by atoms with van der Waals surface area (Å²) in [5, 5.41) is 9.35. The van der Waals surface area contributed by atoms with Crippen LogP contribution in [0, 0.1) is 6.92 Å². The first-order chi connectivity index (χ1) is 8.43. The van der Waals surface area contributed by atoms with Gasteiger partial charge in [0, 0.05) is 11.6 Å². The molecule has 1 rings (SSSR count). The minimum Gasteiger partial charge on any atom is -0.496 e. The molecule has 0 saturated heterocycles. The maximum Gasteiger partial charge on any atom is 0.317 e. The van der Waals surface area contributed by atoms with E-state index >= 15 is 0 Å². The lowest BCUT2D eigenvalue weighted by molar-refractivity contribution is -0.137. The molecular formula is C13H18ClNO3. The molecule has 1 N–H and O–H groups in total. The standard InChI is InChI=1S/C13H18ClNO3/c1-9-6-11(14)7-10(13(9)18-3)4-5-15(2)8-12(16)17/h6-7H,4-5,8H2,1-3H3,(H,16,17). The second-order valence-electron chi connectivity index (χ2n) is 4.30. The Bertz CT molecular complexity index is 434. The molecule has 0 radical (unpaired) electrons. The zero-order valence-corrected chi connectivity index (χ0v) is 11.6. The van der Waals surface area contributed by atoms with Gasteiger partial charge in [0.25, 0.3) is 0 Å². The van der Waals surface area contributed by atoms with Crippen molar-refractivity contribution in [3.05, 3.63) is 28.3 Å². The highest BCUT2D eigenvalue weighted by Crippen LogP contribution is 2.27. The molecule has 0 atom stereocenters. The van der Waals surface area contributed by atoms with Gasteiger partial charge in [0.05, 0.1) is 13.7 Å². The minimum atomic E-state index is -0.827. The molecular weight excluding hydrogens is 254 g/mol. The van der Waals surface area contributed by atoms with Crippen molar-refractivity contribution in [3.63, 3.8) is 0 Å². The number of carbonyl (C=O) groups is 1. The molecule has 0 aliphatic heterocycles. The number of carboxylic acid groups (broad SMARTS) is 1. The summed E-state index contributed by atoms with van der Waals surface area (Å²) in [5.74, 6) is -0.00475. The summed E-state index contributed by atoms with van der Waals surface area (Å²) < 4.78 is 5.35. The summed E-state index contributed by atoms with van der Waals surface area (Å²) in [4.78, 5) is 12.3. The van der Waals surface area contributed by atoms with Gasteiger partial charge in [0.15, 0.2) is 0 Å². The Morgan fingerprint density at radius 2 is 2.17 bits per heavy atom. The number of aryl methyl sites for hydroxylation is 1. The molecule has 0 aromatic heterocycles. The first-order valence-electron chi connectivity index (χ1n) is 5.67. The van der Waals surface area contributed by atoms with Gasteiger partial charge in [-0.25, -0.2) is 0 Å². The number of hydrogen-bond donors (Lipinski definition) is 1. The number of methoxy groups -OCH3 is 1. The third-order valence-electron chi connectivity index (χ3n) is 2.69. The molecule has 18 heavy (non-hydrogen) atoms. The van der Waals surface area contributed by atoms with Crippen LogP contribution >= 0.6 is 11.6 Å². The molecule has 0 bridgehead atoms. The number of benzene rings is 1. The van der Waals surface area contributed by atoms with Crippen molar-refractivity contribution in [2.75, 3.05) is 27.2 Å². The van der Waals surface area contributed by atoms with E-state index in [0.717, 1.165) is 16.9 Å². The number of hydrogen-bond acceptors (Lipinski definition) is 3. The van der Waals surface area contributed by atoms with Gasteiger partial charge in [-0.05, 0) is 43.7 Å². The number of aliphatic carboxylic acids is 1. The lowest BCUT2D eigenvalue weighted by Crippen LogP contribution is -2.27. The van der Waals surface area contributed by atoms with Crippen LogP contribution in [0.3, 0.4) is 0 Å². The Hall–Kier alpha value is -1.26. The van der Waals surface area contributed by atoms with Crippen molar-refractivity contribution in [3.8, 4) is 5.75 Å². The Labute approximate surface area is 112 Å². The molecule has 0 aliphatic carbocycles. The Morgan fingerprint density at radius 1 is 1.50 bits per heavy atom. The largest absolute Gasteiger partial charge is 0.496 e. The van der Waals surface area contributed by atoms with Crippen LogP contribution in [0.15, 0.2) is 12.1 Å². The van der Waals surface area contributed by atoms with Crippen LogP contribution < -0.4 is 4.74 Å². The van der Waals surface area contributed by atoms with E-state index in [0.29, 0.717) is 18.0 Å². The fourth-order valence-corrected chi connectivity index (χ4v) is 2.19. The monoisotopic (exact) mass is 271 g/mol. The highest BCUT2D eigenvalue weighted by molar-refractivity contribution is 6.30. The Balaban J connectivity index is 2.75. The van der Waals surface area contributed by atoms with E-state index in [1.54, 1.807) is 19.1 Å². The van der Waals surface area contributed by atoms with E-state index in [4.69, 9.17) is 21.4 Å². The molecule has 0 spiro atoms. The fourth-order valence-electron chi connectivity index (χ4n) is 1.90. The van der Waals surface area contributed by atoms with E-state index in [-0.39, 0.29) is 6.54 Å². The summed E-state index contributed by atoms with van der Waals surface area (Å²) in [6.07, 6.45) is 0.703. The van der Waals surface area contributed by atoms with Gasteiger partial charge in [-0.1, -0.05) is 11.6 Å². The van der Waals surface area contributed by atoms with Gasteiger partial charge in [-0.3, -0.25) is 9.69 Å². The van der Waals surface area contributed by atoms with Crippen molar-refractivity contribution in [1.29, 1.82) is 0 Å². The predicted octanol–water partition coefficient (Wildman–Crippen LogP) is 2.22. The number of nitrogens with zero attached hydrogens (tertiary/aromatic N) is 1. The highest BCUT2D eigenvalue weighted by Gasteiger charge is 2.10. The average Bonchev–Trinajstić information content (AvgIpc) is 2.24. The molecule has 0 fully saturated rings. The predicted molar refractivity (Wildman–Crippen MR) is 71.6 cm³/mol. The van der Waals surface area contributed by atoms with Crippen molar-refractivity contribution < 1.29 is 14.6 Å². The SMILES string of the molecule is COc1c(C)cc(Cl)cc1CCN(C)CC(=O)O. The Morgan fingerprint density at radius 3 is 2.72 bits per heavy atom. The average molecular weight is 272 g/mol. The van der Waals surface area contributed by atoms with Crippen LogP contribution in [0.4, 0.5) is 0 Å². The summed E-state index contributed by atoms with van der Waals surface area (Å²) in [6.45, 7) is 2.61. The van der Waals surface area contributed by atoms with E-state index in [9.17, 15) is 4.79 Å². The number of ether oxygens (including phenoxy) is 1. The second kappa shape index (κ2) is 6.61. The van der Waals surface area contributed by atoms with Crippen LogP contribution in [0.1, 0.15) is 11.1 Å². The maximum atomic E-state index is 10.6. The number of likely N-dealkylation sites (N-methyl/N-ethyl adjacent to an activating group) is 1. The zero-order valence-electron chi connectivity index (χ0n) is 10.9. The lowest BCUT2D eigenvalue weighted by atomic mass is 10.1. The van der Waals surface area contributed by atoms with E-state index in [1.165, 1.54) is 0 Å². The van der Waals surface area contributed by atoms with E-state index in [1.807, 2.05) is 19.1 Å². The van der Waals surface area contributed by atoms with Gasteiger partial charge in [-0.2, -0.15) is 0 Å². The molecule has 100 valence electrons. The van der Waals surface area contributed by atoms with Crippen molar-refractivity contribution >= 4 is 17.6 Å². The van der Waals surface area contributed by atoms with Crippen LogP contribution in [-0.2, 0) is 11.2 Å². The van der Waals surface area contributed by atoms with Gasteiger partial charge >= 0.3 is 5.97 Å². The first-order valence-corrected chi connectivity index (χ1v) is 6.05. The molecule has 4 nitrogen and oxygen atoms in total. The molecule has 0 heterocycles. The normalized spacial score (nSPS) is 10.7. The van der Waals surface area contributed by atoms with Crippen LogP contribution in [0.25, 0.3) is 0 Å². The fraction of sp³-hybridized carbons (Fsp3) is 0.462. The summed E-state index contributed by atoms with van der Waals surface area (Å²) in [5.41, 5.74) is 1.99. The third-order valence-corrected chi connectivity index (χ3v) is 2.91. The molecule has 1 aromatic rings. The zero-order chi connectivity index (χ0) is 13.7. The van der Waals surface area contributed by atoms with Gasteiger partial charge < -0.3 is 9.84 Å². The molecule has 0 aliphatic rings. The van der Waals surface area contributed by atoms with E-state index in [2.05, 4.69) is 0 Å². The molecule has 1 aromatic carbocycles.